The molecule has 4 aromatic carbocycles. The van der Waals surface area contributed by atoms with Gasteiger partial charge in [-0.25, -0.2) is 0 Å². The van der Waals surface area contributed by atoms with Crippen molar-refractivity contribution < 1.29 is 39.7 Å². The Morgan fingerprint density at radius 3 is 1.66 bits per heavy atom. The maximum atomic E-state index is 13.0. The molecule has 3 heterocycles. The lowest BCUT2D eigenvalue weighted by Crippen LogP contribution is -2.33. The topological polar surface area (TPSA) is 182 Å². The number of phenols is 2. The summed E-state index contributed by atoms with van der Waals surface area (Å²) >= 11 is 13.8. The van der Waals surface area contributed by atoms with Crippen LogP contribution in [0.5, 0.6) is 34.5 Å². The summed E-state index contributed by atoms with van der Waals surface area (Å²) in [5.41, 5.74) is 2.44. The molecule has 0 spiro atoms. The Morgan fingerprint density at radius 1 is 0.580 bits per heavy atom. The number of carbonyl (C=O) groups excluding carboxylic acids is 2. The van der Waals surface area contributed by atoms with Crippen molar-refractivity contribution in [3.05, 3.63) is 101 Å². The van der Waals surface area contributed by atoms with Crippen LogP contribution in [-0.2, 0) is 35.3 Å². The Kier molecular flexibility index (Phi) is 12.4. The molecule has 8 bridgehead atoms. The zero-order valence-corrected chi connectivity index (χ0v) is 32.2. The van der Waals surface area contributed by atoms with Crippen molar-refractivity contribution in [3.63, 3.8) is 0 Å². The first kappa shape index (κ1) is 37.1. The van der Waals surface area contributed by atoms with Crippen LogP contribution in [0.15, 0.2) is 88.9 Å². The molecule has 16 heteroatoms. The number of aromatic hydroxyl groups is 2. The zero-order chi connectivity index (χ0) is 35.9. The normalized spacial score (nSPS) is 16.2. The molecule has 3 aliphatic rings. The largest absolute Gasteiger partial charge is 0.504 e. The highest BCUT2D eigenvalue weighted by Gasteiger charge is 2.21. The van der Waals surface area contributed by atoms with E-state index in [9.17, 15) is 30.2 Å². The second-order valence-electron chi connectivity index (χ2n) is 11.0. The predicted octanol–water partition coefficient (Wildman–Crippen LogP) is 7.51. The van der Waals surface area contributed by atoms with Crippen molar-refractivity contribution in [2.75, 3.05) is 13.1 Å². The van der Waals surface area contributed by atoms with E-state index in [1.807, 2.05) is 12.1 Å². The van der Waals surface area contributed by atoms with Gasteiger partial charge in [0.2, 0.25) is 0 Å². The Balaban J connectivity index is 1.46. The van der Waals surface area contributed by atoms with Crippen molar-refractivity contribution in [3.8, 4) is 34.5 Å². The number of carbonyl (C=O) groups is 2. The van der Waals surface area contributed by atoms with Crippen molar-refractivity contribution in [2.45, 2.75) is 25.7 Å². The van der Waals surface area contributed by atoms with Gasteiger partial charge in [-0.2, -0.15) is 0 Å². The standard InChI is InChI=1S/C34H28Br4N4O8/c35-21-9-17-2-4-28(21)49-29-15-18(1-3-27(29)43)6-8-40-34(46)26(42-48)14-20-10-22(36)31(44)30(16-20)50-32-23(37)11-19(12-24(32)38)13-25(41-47)33(45)39-7-5-17/h1-4,9-12,15-16,43-44,47-48H,5-8,13-14H2,(H,39,45)(H,40,46). The van der Waals surface area contributed by atoms with Gasteiger partial charge in [0.25, 0.3) is 11.8 Å². The molecule has 3 aliphatic heterocycles. The monoisotopic (exact) mass is 936 g/mol. The van der Waals surface area contributed by atoms with Crippen LogP contribution < -0.4 is 20.1 Å². The van der Waals surface area contributed by atoms with Crippen LogP contribution in [0.2, 0.25) is 0 Å². The average molecular weight is 940 g/mol. The molecular formula is C34H28Br4N4O8. The highest BCUT2D eigenvalue weighted by atomic mass is 79.9. The number of halogens is 4. The number of rotatable bonds is 0. The van der Waals surface area contributed by atoms with Gasteiger partial charge in [0.15, 0.2) is 28.7 Å². The second-order valence-corrected chi connectivity index (χ2v) is 14.5. The molecule has 0 aromatic heterocycles. The van der Waals surface area contributed by atoms with Crippen LogP contribution in [0.25, 0.3) is 0 Å². The summed E-state index contributed by atoms with van der Waals surface area (Å²) in [5, 5.41) is 52.6. The lowest BCUT2D eigenvalue weighted by Gasteiger charge is -2.15. The number of amides is 2. The number of oxime groups is 2. The first-order chi connectivity index (χ1) is 23.9. The van der Waals surface area contributed by atoms with E-state index in [4.69, 9.17) is 9.47 Å². The Morgan fingerprint density at radius 2 is 1.08 bits per heavy atom. The molecule has 0 saturated heterocycles. The lowest BCUT2D eigenvalue weighted by molar-refractivity contribution is -0.115. The van der Waals surface area contributed by atoms with Crippen LogP contribution in [0.4, 0.5) is 0 Å². The third kappa shape index (κ3) is 9.15. The number of benzene rings is 4. The van der Waals surface area contributed by atoms with Gasteiger partial charge in [0, 0.05) is 25.9 Å². The molecule has 6 N–H and O–H groups in total. The van der Waals surface area contributed by atoms with E-state index in [1.165, 1.54) is 12.1 Å². The summed E-state index contributed by atoms with van der Waals surface area (Å²) in [4.78, 5) is 25.9. The minimum Gasteiger partial charge on any atom is -0.504 e. The van der Waals surface area contributed by atoms with E-state index in [0.29, 0.717) is 48.9 Å². The minimum absolute atomic E-state index is 0.0109. The van der Waals surface area contributed by atoms with E-state index in [2.05, 4.69) is 84.7 Å². The number of hydrogen-bond donors (Lipinski definition) is 6. The van der Waals surface area contributed by atoms with Gasteiger partial charge in [-0.15, -0.1) is 0 Å². The van der Waals surface area contributed by atoms with Crippen LogP contribution in [-0.4, -0.2) is 57.0 Å². The molecule has 2 amide bonds. The van der Waals surface area contributed by atoms with Gasteiger partial charge >= 0.3 is 0 Å². The molecule has 4 aromatic rings. The Labute approximate surface area is 319 Å². The van der Waals surface area contributed by atoms with Gasteiger partial charge in [-0.05, 0) is 147 Å². The second kappa shape index (κ2) is 16.7. The maximum Gasteiger partial charge on any atom is 0.269 e. The number of ether oxygens (including phenoxy) is 2. The smallest absolute Gasteiger partial charge is 0.269 e. The third-order valence-electron chi connectivity index (χ3n) is 7.51. The number of nitrogens with one attached hydrogen (secondary N) is 2. The lowest BCUT2D eigenvalue weighted by atomic mass is 10.1. The highest BCUT2D eigenvalue weighted by molar-refractivity contribution is 9.11. The molecule has 260 valence electrons. The van der Waals surface area contributed by atoms with Gasteiger partial charge in [0.1, 0.15) is 17.2 Å². The van der Waals surface area contributed by atoms with E-state index in [-0.39, 0.29) is 64.8 Å². The molecule has 12 nitrogen and oxygen atoms in total. The summed E-state index contributed by atoms with van der Waals surface area (Å²) in [6, 6.07) is 16.7. The van der Waals surface area contributed by atoms with Gasteiger partial charge in [0.05, 0.1) is 17.9 Å². The maximum absolute atomic E-state index is 13.0. The predicted molar refractivity (Wildman–Crippen MR) is 199 cm³/mol. The number of phenolic OH excluding ortho intramolecular Hbond substituents is 2. The van der Waals surface area contributed by atoms with Crippen molar-refractivity contribution >= 4 is 87.0 Å². The number of nitrogens with zero attached hydrogens (tertiary/aromatic N) is 2. The third-order valence-corrected chi connectivity index (χ3v) is 9.91. The fourth-order valence-electron chi connectivity index (χ4n) is 4.98. The van der Waals surface area contributed by atoms with E-state index >= 15 is 0 Å². The highest BCUT2D eigenvalue weighted by Crippen LogP contribution is 2.43. The Hall–Kier alpha value is -4.12. The first-order valence-electron chi connectivity index (χ1n) is 14.9. The quantitative estimate of drug-likeness (QED) is 0.0774. The molecule has 0 fully saturated rings. The van der Waals surface area contributed by atoms with Crippen molar-refractivity contribution in [1.82, 2.24) is 10.6 Å². The van der Waals surface area contributed by atoms with E-state index in [0.717, 1.165) is 11.1 Å². The SMILES string of the molecule is O=C1NCCc2ccc(c(Br)c2)Oc2cc(ccc2O)CCNC(=O)C(=NO)Cc2cc(Br)c(O)c(c2)Oc2c(Br)cc(cc2Br)CC1=NO. The number of hydrogen-bond acceptors (Lipinski definition) is 10. The van der Waals surface area contributed by atoms with E-state index in [1.54, 1.807) is 36.4 Å². The summed E-state index contributed by atoms with van der Waals surface area (Å²) in [5.74, 6) is -0.453. The molecule has 0 aliphatic carbocycles. The average Bonchev–Trinajstić information content (AvgIpc) is 3.08. The van der Waals surface area contributed by atoms with Crippen LogP contribution >= 0.6 is 63.7 Å². The fourth-order valence-corrected chi connectivity index (χ4v) is 7.42. The number of fused-ring (bicyclic) bond motifs is 2. The van der Waals surface area contributed by atoms with Crippen LogP contribution in [0.1, 0.15) is 22.3 Å². The van der Waals surface area contributed by atoms with Crippen LogP contribution in [0.3, 0.4) is 0 Å². The molecule has 7 rings (SSSR count). The summed E-state index contributed by atoms with van der Waals surface area (Å²) in [6.45, 7) is 0.447. The van der Waals surface area contributed by atoms with Gasteiger partial charge in [-0.3, -0.25) is 9.59 Å². The molecule has 0 saturated carbocycles. The van der Waals surface area contributed by atoms with E-state index < -0.39 is 11.8 Å². The summed E-state index contributed by atoms with van der Waals surface area (Å²) in [6.07, 6.45) is 0.727. The van der Waals surface area contributed by atoms with Gasteiger partial charge < -0.3 is 40.7 Å². The Bertz CT molecular complexity index is 2000. The van der Waals surface area contributed by atoms with Crippen molar-refractivity contribution in [1.29, 1.82) is 0 Å². The molecule has 0 atom stereocenters. The van der Waals surface area contributed by atoms with Gasteiger partial charge in [-0.1, -0.05) is 22.4 Å². The molecular weight excluding hydrogens is 912 g/mol. The molecule has 0 unspecified atom stereocenters. The molecule has 0 radical (unpaired) electrons. The zero-order valence-electron chi connectivity index (χ0n) is 25.8. The van der Waals surface area contributed by atoms with Crippen LogP contribution in [0, 0.1) is 0 Å². The van der Waals surface area contributed by atoms with Crippen molar-refractivity contribution in [2.24, 2.45) is 10.3 Å². The fraction of sp³-hybridized carbons (Fsp3) is 0.176. The molecule has 50 heavy (non-hydrogen) atoms. The minimum atomic E-state index is -0.604. The summed E-state index contributed by atoms with van der Waals surface area (Å²) in [7, 11) is 0. The first-order valence-corrected chi connectivity index (χ1v) is 18.1. The summed E-state index contributed by atoms with van der Waals surface area (Å²) < 4.78 is 13.9.